The van der Waals surface area contributed by atoms with Crippen LogP contribution in [0.3, 0.4) is 0 Å². The summed E-state index contributed by atoms with van der Waals surface area (Å²) in [5.41, 5.74) is 7.93. The summed E-state index contributed by atoms with van der Waals surface area (Å²) >= 11 is 1.69. The van der Waals surface area contributed by atoms with Gasteiger partial charge in [-0.25, -0.2) is 0 Å². The molecule has 0 aliphatic heterocycles. The zero-order valence-corrected chi connectivity index (χ0v) is 13.0. The normalized spacial score (nSPS) is 10.4. The third-order valence-electron chi connectivity index (χ3n) is 2.84. The monoisotopic (exact) mass is 298 g/mol. The second-order valence-electron chi connectivity index (χ2n) is 4.94. The van der Waals surface area contributed by atoms with Crippen LogP contribution < -0.4 is 10.5 Å². The van der Waals surface area contributed by atoms with Crippen LogP contribution in [0.15, 0.2) is 47.4 Å². The number of thioether (sulfide) groups is 1. The van der Waals surface area contributed by atoms with E-state index in [9.17, 15) is 5.26 Å². The maximum atomic E-state index is 9.19. The van der Waals surface area contributed by atoms with Crippen molar-refractivity contribution in [2.45, 2.75) is 30.6 Å². The van der Waals surface area contributed by atoms with Crippen LogP contribution in [0.1, 0.15) is 25.0 Å². The van der Waals surface area contributed by atoms with E-state index in [4.69, 9.17) is 10.5 Å². The highest BCUT2D eigenvalue weighted by Gasteiger charge is 2.11. The molecule has 0 saturated heterocycles. The molecule has 0 spiro atoms. The number of anilines is 1. The molecule has 21 heavy (non-hydrogen) atoms. The first kappa shape index (κ1) is 15.3. The molecule has 0 saturated carbocycles. The van der Waals surface area contributed by atoms with Gasteiger partial charge in [0, 0.05) is 10.1 Å². The van der Waals surface area contributed by atoms with Crippen LogP contribution in [0.5, 0.6) is 5.75 Å². The van der Waals surface area contributed by atoms with Crippen molar-refractivity contribution in [1.82, 2.24) is 0 Å². The molecule has 108 valence electrons. The average molecular weight is 298 g/mol. The summed E-state index contributed by atoms with van der Waals surface area (Å²) in [6, 6.07) is 15.7. The molecule has 2 N–H and O–H groups in total. The minimum Gasteiger partial charge on any atom is -0.487 e. The number of nitrogens with zero attached hydrogens (tertiary/aromatic N) is 1. The third kappa shape index (κ3) is 4.17. The summed E-state index contributed by atoms with van der Waals surface area (Å²) < 4.78 is 5.80. The van der Waals surface area contributed by atoms with Crippen LogP contribution in [-0.2, 0) is 6.61 Å². The number of nitriles is 1. The highest BCUT2D eigenvalue weighted by molar-refractivity contribution is 7.99. The maximum Gasteiger partial charge on any atom is 0.145 e. The van der Waals surface area contributed by atoms with Crippen molar-refractivity contribution in [3.05, 3.63) is 53.6 Å². The lowest BCUT2D eigenvalue weighted by atomic mass is 10.2. The van der Waals surface area contributed by atoms with Gasteiger partial charge in [0.25, 0.3) is 0 Å². The van der Waals surface area contributed by atoms with Crippen LogP contribution >= 0.6 is 11.8 Å². The maximum absolute atomic E-state index is 9.19. The Morgan fingerprint density at radius 1 is 1.24 bits per heavy atom. The molecule has 0 aliphatic rings. The Morgan fingerprint density at radius 3 is 2.57 bits per heavy atom. The fourth-order valence-corrected chi connectivity index (χ4v) is 2.79. The van der Waals surface area contributed by atoms with E-state index in [1.165, 1.54) is 0 Å². The highest BCUT2D eigenvalue weighted by Crippen LogP contribution is 2.34. The number of rotatable bonds is 5. The van der Waals surface area contributed by atoms with E-state index in [1.54, 1.807) is 11.8 Å². The minimum absolute atomic E-state index is 0.404. The molecule has 0 heterocycles. The Bertz CT molecular complexity index is 648. The first-order valence-corrected chi connectivity index (χ1v) is 7.65. The van der Waals surface area contributed by atoms with Crippen LogP contribution in [0.2, 0.25) is 0 Å². The van der Waals surface area contributed by atoms with Crippen LogP contribution in [-0.4, -0.2) is 5.25 Å². The SMILES string of the molecule is CC(C)Sc1cc(C#N)c(N)c(OCc2ccccc2)c1. The molecule has 3 nitrogen and oxygen atoms in total. The first-order valence-electron chi connectivity index (χ1n) is 6.77. The molecule has 4 heteroatoms. The summed E-state index contributed by atoms with van der Waals surface area (Å²) in [6.07, 6.45) is 0. The van der Waals surface area contributed by atoms with E-state index >= 15 is 0 Å². The Morgan fingerprint density at radius 2 is 1.95 bits per heavy atom. The van der Waals surface area contributed by atoms with E-state index in [0.29, 0.717) is 28.9 Å². The van der Waals surface area contributed by atoms with Crippen LogP contribution in [0, 0.1) is 11.3 Å². The predicted octanol–water partition coefficient (Wildman–Crippen LogP) is 4.22. The van der Waals surface area contributed by atoms with Crippen molar-refractivity contribution in [3.63, 3.8) is 0 Å². The second kappa shape index (κ2) is 7.05. The lowest BCUT2D eigenvalue weighted by Crippen LogP contribution is -2.01. The van der Waals surface area contributed by atoms with Gasteiger partial charge in [0.05, 0.1) is 11.3 Å². The van der Waals surface area contributed by atoms with Crippen LogP contribution in [0.25, 0.3) is 0 Å². The molecule has 2 aromatic rings. The number of nitrogens with two attached hydrogens (primary N) is 1. The fourth-order valence-electron chi connectivity index (χ4n) is 1.89. The Hall–Kier alpha value is -2.12. The zero-order chi connectivity index (χ0) is 15.2. The van der Waals surface area contributed by atoms with Gasteiger partial charge >= 0.3 is 0 Å². The van der Waals surface area contributed by atoms with Crippen molar-refractivity contribution in [1.29, 1.82) is 5.26 Å². The van der Waals surface area contributed by atoms with Crippen molar-refractivity contribution in [2.24, 2.45) is 0 Å². The van der Waals surface area contributed by atoms with E-state index < -0.39 is 0 Å². The van der Waals surface area contributed by atoms with Gasteiger partial charge in [-0.1, -0.05) is 44.2 Å². The summed E-state index contributed by atoms with van der Waals surface area (Å²) in [6.45, 7) is 4.65. The summed E-state index contributed by atoms with van der Waals surface area (Å²) in [5, 5.41) is 9.62. The smallest absolute Gasteiger partial charge is 0.145 e. The molecular weight excluding hydrogens is 280 g/mol. The number of hydrogen-bond donors (Lipinski definition) is 1. The van der Waals surface area contributed by atoms with E-state index in [-0.39, 0.29) is 0 Å². The summed E-state index contributed by atoms with van der Waals surface area (Å²) in [5.74, 6) is 0.570. The van der Waals surface area contributed by atoms with Crippen LogP contribution in [0.4, 0.5) is 5.69 Å². The standard InChI is InChI=1S/C17H18N2OS/c1-12(2)21-15-8-14(10-18)17(19)16(9-15)20-11-13-6-4-3-5-7-13/h3-9,12H,11,19H2,1-2H3. The van der Waals surface area contributed by atoms with Crippen molar-refractivity contribution in [2.75, 3.05) is 5.73 Å². The quantitative estimate of drug-likeness (QED) is 0.663. The molecule has 0 fully saturated rings. The Kier molecular flexibility index (Phi) is 5.13. The lowest BCUT2D eigenvalue weighted by Gasteiger charge is -2.13. The van der Waals surface area contributed by atoms with E-state index in [0.717, 1.165) is 10.5 Å². The molecule has 0 unspecified atom stereocenters. The average Bonchev–Trinajstić information content (AvgIpc) is 2.48. The second-order valence-corrected chi connectivity index (χ2v) is 6.59. The molecule has 0 amide bonds. The highest BCUT2D eigenvalue weighted by atomic mass is 32.2. The Balaban J connectivity index is 2.23. The molecule has 0 radical (unpaired) electrons. The summed E-state index contributed by atoms with van der Waals surface area (Å²) in [4.78, 5) is 0.999. The summed E-state index contributed by atoms with van der Waals surface area (Å²) in [7, 11) is 0. The number of hydrogen-bond acceptors (Lipinski definition) is 4. The number of ether oxygens (including phenoxy) is 1. The molecule has 2 rings (SSSR count). The first-order chi connectivity index (χ1) is 10.1. The van der Waals surface area contributed by atoms with E-state index in [1.807, 2.05) is 42.5 Å². The number of benzene rings is 2. The van der Waals surface area contributed by atoms with Gasteiger partial charge in [-0.05, 0) is 17.7 Å². The van der Waals surface area contributed by atoms with Gasteiger partial charge in [-0.3, -0.25) is 0 Å². The molecule has 0 aromatic heterocycles. The Labute approximate surface area is 129 Å². The van der Waals surface area contributed by atoms with Crippen molar-refractivity contribution >= 4 is 17.4 Å². The fraction of sp³-hybridized carbons (Fsp3) is 0.235. The largest absolute Gasteiger partial charge is 0.487 e. The number of nitrogen functional groups attached to an aromatic ring is 1. The predicted molar refractivity (Wildman–Crippen MR) is 87.3 cm³/mol. The molecule has 0 aliphatic carbocycles. The third-order valence-corrected chi connectivity index (χ3v) is 3.82. The van der Waals surface area contributed by atoms with Gasteiger partial charge in [0.1, 0.15) is 18.4 Å². The molecule has 0 bridgehead atoms. The minimum atomic E-state index is 0.404. The molecule has 2 aromatic carbocycles. The van der Waals surface area contributed by atoms with Gasteiger partial charge in [-0.15, -0.1) is 11.8 Å². The molecule has 0 atom stereocenters. The van der Waals surface area contributed by atoms with Gasteiger partial charge < -0.3 is 10.5 Å². The van der Waals surface area contributed by atoms with E-state index in [2.05, 4.69) is 19.9 Å². The zero-order valence-electron chi connectivity index (χ0n) is 12.2. The lowest BCUT2D eigenvalue weighted by molar-refractivity contribution is 0.307. The van der Waals surface area contributed by atoms with Crippen molar-refractivity contribution < 1.29 is 4.74 Å². The van der Waals surface area contributed by atoms with Gasteiger partial charge in [0.2, 0.25) is 0 Å². The molecular formula is C17H18N2OS. The van der Waals surface area contributed by atoms with Gasteiger partial charge in [-0.2, -0.15) is 5.26 Å². The van der Waals surface area contributed by atoms with Gasteiger partial charge in [0.15, 0.2) is 0 Å². The van der Waals surface area contributed by atoms with Crippen molar-refractivity contribution in [3.8, 4) is 11.8 Å². The topological polar surface area (TPSA) is 59.0 Å².